The third kappa shape index (κ3) is 3.13. The first-order chi connectivity index (χ1) is 10.0. The molecular formula is C14H18N4O3. The monoisotopic (exact) mass is 290 g/mol. The molecule has 0 atom stereocenters. The predicted molar refractivity (Wildman–Crippen MR) is 76.9 cm³/mol. The third-order valence-corrected chi connectivity index (χ3v) is 3.08. The fourth-order valence-electron chi connectivity index (χ4n) is 1.82. The Balaban J connectivity index is 2.15. The van der Waals surface area contributed by atoms with Gasteiger partial charge in [-0.2, -0.15) is 0 Å². The molecule has 0 spiro atoms. The van der Waals surface area contributed by atoms with Gasteiger partial charge in [0.15, 0.2) is 12.4 Å². The van der Waals surface area contributed by atoms with Crippen LogP contribution >= 0.6 is 0 Å². The zero-order valence-electron chi connectivity index (χ0n) is 12.3. The molecule has 1 aromatic heterocycles. The van der Waals surface area contributed by atoms with Crippen LogP contribution in [0.4, 0.5) is 5.69 Å². The molecule has 21 heavy (non-hydrogen) atoms. The minimum absolute atomic E-state index is 0.0239. The van der Waals surface area contributed by atoms with E-state index >= 15 is 0 Å². The van der Waals surface area contributed by atoms with Crippen molar-refractivity contribution >= 4 is 11.7 Å². The first-order valence-electron chi connectivity index (χ1n) is 6.57. The summed E-state index contributed by atoms with van der Waals surface area (Å²) in [7, 11) is 1.81. The molecular weight excluding hydrogens is 272 g/mol. The number of ether oxygens (including phenoxy) is 2. The number of aryl methyl sites for hydroxylation is 1. The number of anilines is 1. The van der Waals surface area contributed by atoms with E-state index in [1.807, 2.05) is 13.8 Å². The second-order valence-corrected chi connectivity index (χ2v) is 4.45. The van der Waals surface area contributed by atoms with Crippen molar-refractivity contribution in [1.29, 1.82) is 0 Å². The van der Waals surface area contributed by atoms with Crippen LogP contribution in [0.25, 0.3) is 0 Å². The summed E-state index contributed by atoms with van der Waals surface area (Å²) < 4.78 is 12.4. The van der Waals surface area contributed by atoms with Crippen LogP contribution in [0.15, 0.2) is 18.2 Å². The highest BCUT2D eigenvalue weighted by Gasteiger charge is 2.18. The molecule has 2 rings (SSSR count). The number of nitrogens with two attached hydrogens (primary N) is 1. The largest absolute Gasteiger partial charge is 0.493 e. The molecule has 0 saturated carbocycles. The zero-order valence-corrected chi connectivity index (χ0v) is 12.3. The highest BCUT2D eigenvalue weighted by Crippen LogP contribution is 2.25. The summed E-state index contributed by atoms with van der Waals surface area (Å²) in [6, 6.07) is 5.04. The lowest BCUT2D eigenvalue weighted by molar-refractivity contribution is 0.0455. The maximum atomic E-state index is 12.2. The number of rotatable bonds is 5. The van der Waals surface area contributed by atoms with Gasteiger partial charge in [-0.05, 0) is 26.0 Å². The molecule has 0 radical (unpaired) electrons. The molecule has 0 aliphatic carbocycles. The molecule has 0 amide bonds. The molecule has 7 heteroatoms. The van der Waals surface area contributed by atoms with Crippen molar-refractivity contribution in [3.63, 3.8) is 0 Å². The Morgan fingerprint density at radius 2 is 2.14 bits per heavy atom. The second kappa shape index (κ2) is 6.25. The van der Waals surface area contributed by atoms with E-state index < -0.39 is 5.97 Å². The molecule has 2 N–H and O–H groups in total. The van der Waals surface area contributed by atoms with Crippen molar-refractivity contribution in [3.05, 3.63) is 35.4 Å². The summed E-state index contributed by atoms with van der Waals surface area (Å²) >= 11 is 0. The summed E-state index contributed by atoms with van der Waals surface area (Å²) in [5.74, 6) is 1.18. The van der Waals surface area contributed by atoms with Crippen LogP contribution in [0.1, 0.15) is 28.9 Å². The summed E-state index contributed by atoms with van der Waals surface area (Å²) in [6.45, 7) is 4.11. The van der Waals surface area contributed by atoms with Gasteiger partial charge >= 0.3 is 5.97 Å². The fourth-order valence-corrected chi connectivity index (χ4v) is 1.82. The Labute approximate surface area is 122 Å². The molecule has 0 fully saturated rings. The van der Waals surface area contributed by atoms with Crippen molar-refractivity contribution in [2.24, 2.45) is 7.05 Å². The quantitative estimate of drug-likeness (QED) is 0.662. The smallest absolute Gasteiger partial charge is 0.344 e. The number of nitrogen functional groups attached to an aromatic ring is 1. The van der Waals surface area contributed by atoms with Crippen molar-refractivity contribution in [3.8, 4) is 5.75 Å². The van der Waals surface area contributed by atoms with Crippen LogP contribution < -0.4 is 10.5 Å². The van der Waals surface area contributed by atoms with E-state index in [2.05, 4.69) is 10.2 Å². The van der Waals surface area contributed by atoms with Gasteiger partial charge in [0.25, 0.3) is 0 Å². The number of benzene rings is 1. The number of carbonyl (C=O) groups is 1. The number of nitrogens with zero attached hydrogens (tertiary/aromatic N) is 3. The Morgan fingerprint density at radius 1 is 1.38 bits per heavy atom. The van der Waals surface area contributed by atoms with Crippen molar-refractivity contribution in [2.45, 2.75) is 20.5 Å². The lowest BCUT2D eigenvalue weighted by Gasteiger charge is -2.12. The molecule has 2 aromatic rings. The van der Waals surface area contributed by atoms with Crippen LogP contribution in [0.3, 0.4) is 0 Å². The van der Waals surface area contributed by atoms with Crippen LogP contribution in [0.2, 0.25) is 0 Å². The Kier molecular flexibility index (Phi) is 4.42. The topological polar surface area (TPSA) is 92.3 Å². The van der Waals surface area contributed by atoms with Gasteiger partial charge in [-0.25, -0.2) is 4.79 Å². The maximum absolute atomic E-state index is 12.2. The van der Waals surface area contributed by atoms with Gasteiger partial charge in [0.05, 0.1) is 6.61 Å². The molecule has 1 aromatic carbocycles. The normalized spacial score (nSPS) is 10.4. The van der Waals surface area contributed by atoms with Gasteiger partial charge in [-0.3, -0.25) is 0 Å². The Bertz CT molecular complexity index is 652. The number of esters is 1. The minimum Gasteiger partial charge on any atom is -0.493 e. The zero-order chi connectivity index (χ0) is 15.4. The number of carbonyl (C=O) groups excluding carboxylic acids is 1. The van der Waals surface area contributed by atoms with Gasteiger partial charge in [-0.1, -0.05) is 6.07 Å². The van der Waals surface area contributed by atoms with E-state index in [1.165, 1.54) is 0 Å². The lowest BCUT2D eigenvalue weighted by atomic mass is 10.1. The first kappa shape index (κ1) is 14.8. The average molecular weight is 290 g/mol. The highest BCUT2D eigenvalue weighted by atomic mass is 16.5. The van der Waals surface area contributed by atoms with Gasteiger partial charge in [0.2, 0.25) is 0 Å². The van der Waals surface area contributed by atoms with E-state index in [-0.39, 0.29) is 12.2 Å². The van der Waals surface area contributed by atoms with Crippen molar-refractivity contribution in [1.82, 2.24) is 14.8 Å². The second-order valence-electron chi connectivity index (χ2n) is 4.45. The van der Waals surface area contributed by atoms with Gasteiger partial charge in [-0.15, -0.1) is 10.2 Å². The van der Waals surface area contributed by atoms with E-state index in [0.29, 0.717) is 23.9 Å². The van der Waals surface area contributed by atoms with E-state index in [4.69, 9.17) is 15.2 Å². The fraction of sp³-hybridized carbons (Fsp3) is 0.357. The Morgan fingerprint density at radius 3 is 2.76 bits per heavy atom. The number of aromatic nitrogens is 3. The van der Waals surface area contributed by atoms with E-state index in [0.717, 1.165) is 5.82 Å². The highest BCUT2D eigenvalue weighted by molar-refractivity contribution is 5.98. The lowest BCUT2D eigenvalue weighted by Crippen LogP contribution is -2.12. The van der Waals surface area contributed by atoms with Crippen LogP contribution in [-0.2, 0) is 18.4 Å². The average Bonchev–Trinajstić information content (AvgIpc) is 2.77. The van der Waals surface area contributed by atoms with E-state index in [9.17, 15) is 4.79 Å². The molecule has 0 aliphatic rings. The maximum Gasteiger partial charge on any atom is 0.344 e. The summed E-state index contributed by atoms with van der Waals surface area (Å²) in [6.07, 6.45) is 0. The molecule has 0 unspecified atom stereocenters. The molecule has 112 valence electrons. The summed E-state index contributed by atoms with van der Waals surface area (Å²) in [5.41, 5.74) is 6.40. The van der Waals surface area contributed by atoms with Crippen LogP contribution in [0, 0.1) is 6.92 Å². The van der Waals surface area contributed by atoms with Gasteiger partial charge < -0.3 is 19.8 Å². The Hall–Kier alpha value is -2.57. The third-order valence-electron chi connectivity index (χ3n) is 3.08. The standard InChI is InChI=1S/C14H18N4O3/c1-4-20-11-7-5-6-10(15)13(11)14(19)21-8-12-17-16-9(2)18(12)3/h5-7H,4,8,15H2,1-3H3. The van der Waals surface area contributed by atoms with E-state index in [1.54, 1.807) is 29.8 Å². The summed E-state index contributed by atoms with van der Waals surface area (Å²) in [4.78, 5) is 12.2. The van der Waals surface area contributed by atoms with Crippen LogP contribution in [-0.4, -0.2) is 27.3 Å². The molecule has 0 aliphatic heterocycles. The number of hydrogen-bond donors (Lipinski definition) is 1. The predicted octanol–water partition coefficient (Wildman–Crippen LogP) is 1.46. The summed E-state index contributed by atoms with van der Waals surface area (Å²) in [5, 5.41) is 7.84. The van der Waals surface area contributed by atoms with Crippen molar-refractivity contribution in [2.75, 3.05) is 12.3 Å². The van der Waals surface area contributed by atoms with Gasteiger partial charge in [0.1, 0.15) is 17.1 Å². The molecule has 0 bridgehead atoms. The molecule has 0 saturated heterocycles. The van der Waals surface area contributed by atoms with Gasteiger partial charge in [0, 0.05) is 12.7 Å². The molecule has 7 nitrogen and oxygen atoms in total. The SMILES string of the molecule is CCOc1cccc(N)c1C(=O)OCc1nnc(C)n1C. The first-order valence-corrected chi connectivity index (χ1v) is 6.57. The minimum atomic E-state index is -0.544. The van der Waals surface area contributed by atoms with Crippen molar-refractivity contribution < 1.29 is 14.3 Å². The number of hydrogen-bond acceptors (Lipinski definition) is 6. The molecule has 1 heterocycles. The van der Waals surface area contributed by atoms with Crippen LogP contribution in [0.5, 0.6) is 5.75 Å².